The second kappa shape index (κ2) is 3.83. The molecule has 0 radical (unpaired) electrons. The number of carbonyl (C=O) groups is 1. The smallest absolute Gasteiger partial charge is 0.314 e. The first-order valence-electron chi connectivity index (χ1n) is 5.86. The molecule has 1 saturated carbocycles. The van der Waals surface area contributed by atoms with Crippen molar-refractivity contribution in [1.29, 1.82) is 0 Å². The Morgan fingerprint density at radius 1 is 1.29 bits per heavy atom. The van der Waals surface area contributed by atoms with Crippen LogP contribution >= 0.6 is 0 Å². The molecule has 0 aliphatic heterocycles. The highest BCUT2D eigenvalue weighted by Crippen LogP contribution is 2.51. The molecule has 17 heavy (non-hydrogen) atoms. The molecule has 1 aromatic rings. The number of hydrogen-bond acceptors (Lipinski definition) is 1. The fourth-order valence-corrected chi connectivity index (χ4v) is 2.92. The van der Waals surface area contributed by atoms with E-state index in [1.54, 1.807) is 18.2 Å². The lowest BCUT2D eigenvalue weighted by molar-refractivity contribution is -0.144. The SMILES string of the molecule is CC1(C)CCC(C(=O)O)(c2ccccc2F)C1. The minimum Gasteiger partial charge on any atom is -0.481 e. The zero-order chi connectivity index (χ0) is 12.7. The van der Waals surface area contributed by atoms with Crippen LogP contribution in [0.3, 0.4) is 0 Å². The fourth-order valence-electron chi connectivity index (χ4n) is 2.92. The molecule has 1 aromatic carbocycles. The Bertz CT molecular complexity index is 453. The lowest BCUT2D eigenvalue weighted by atomic mass is 9.76. The van der Waals surface area contributed by atoms with E-state index in [2.05, 4.69) is 0 Å². The van der Waals surface area contributed by atoms with Gasteiger partial charge >= 0.3 is 5.97 Å². The highest BCUT2D eigenvalue weighted by molar-refractivity contribution is 5.82. The third-order valence-electron chi connectivity index (χ3n) is 3.81. The van der Waals surface area contributed by atoms with Gasteiger partial charge in [0.1, 0.15) is 5.82 Å². The van der Waals surface area contributed by atoms with E-state index in [1.807, 2.05) is 13.8 Å². The third kappa shape index (κ3) is 1.94. The van der Waals surface area contributed by atoms with Gasteiger partial charge in [0.25, 0.3) is 0 Å². The predicted molar refractivity (Wildman–Crippen MR) is 63.3 cm³/mol. The minimum absolute atomic E-state index is 0.0410. The molecule has 0 aromatic heterocycles. The summed E-state index contributed by atoms with van der Waals surface area (Å²) in [4.78, 5) is 11.6. The molecule has 1 aliphatic rings. The molecule has 2 nitrogen and oxygen atoms in total. The van der Waals surface area contributed by atoms with Crippen LogP contribution in [0.2, 0.25) is 0 Å². The van der Waals surface area contributed by atoms with Gasteiger partial charge in [-0.3, -0.25) is 4.79 Å². The number of aliphatic carboxylic acids is 1. The molecule has 2 rings (SSSR count). The largest absolute Gasteiger partial charge is 0.481 e. The molecule has 0 bridgehead atoms. The molecule has 1 aliphatic carbocycles. The van der Waals surface area contributed by atoms with Gasteiger partial charge in [-0.2, -0.15) is 0 Å². The van der Waals surface area contributed by atoms with Crippen molar-refractivity contribution in [2.75, 3.05) is 0 Å². The molecule has 1 N–H and O–H groups in total. The Morgan fingerprint density at radius 3 is 2.41 bits per heavy atom. The second-order valence-electron chi connectivity index (χ2n) is 5.71. The first-order valence-corrected chi connectivity index (χ1v) is 5.86. The number of hydrogen-bond donors (Lipinski definition) is 1. The van der Waals surface area contributed by atoms with Crippen LogP contribution in [0.25, 0.3) is 0 Å². The molecular weight excluding hydrogens is 219 g/mol. The monoisotopic (exact) mass is 236 g/mol. The van der Waals surface area contributed by atoms with Crippen molar-refractivity contribution >= 4 is 5.97 Å². The Kier molecular flexibility index (Phi) is 2.72. The number of benzene rings is 1. The van der Waals surface area contributed by atoms with Crippen LogP contribution in [-0.2, 0) is 10.2 Å². The maximum atomic E-state index is 13.8. The van der Waals surface area contributed by atoms with E-state index < -0.39 is 17.2 Å². The molecule has 1 unspecified atom stereocenters. The lowest BCUT2D eigenvalue weighted by Crippen LogP contribution is -2.34. The first-order chi connectivity index (χ1) is 7.87. The van der Waals surface area contributed by atoms with Gasteiger partial charge in [-0.25, -0.2) is 4.39 Å². The second-order valence-corrected chi connectivity index (χ2v) is 5.71. The maximum absolute atomic E-state index is 13.8. The highest BCUT2D eigenvalue weighted by Gasteiger charge is 2.51. The van der Waals surface area contributed by atoms with Crippen molar-refractivity contribution in [2.45, 2.75) is 38.5 Å². The Morgan fingerprint density at radius 2 is 1.94 bits per heavy atom. The topological polar surface area (TPSA) is 37.3 Å². The van der Waals surface area contributed by atoms with Gasteiger partial charge in [-0.15, -0.1) is 0 Å². The zero-order valence-electron chi connectivity index (χ0n) is 10.2. The molecule has 3 heteroatoms. The van der Waals surface area contributed by atoms with Gasteiger partial charge in [0.2, 0.25) is 0 Å². The fraction of sp³-hybridized carbons (Fsp3) is 0.500. The van der Waals surface area contributed by atoms with Crippen molar-refractivity contribution in [3.8, 4) is 0 Å². The Hall–Kier alpha value is -1.38. The number of halogens is 1. The number of carboxylic acids is 1. The summed E-state index contributed by atoms with van der Waals surface area (Å²) >= 11 is 0. The highest BCUT2D eigenvalue weighted by atomic mass is 19.1. The van der Waals surface area contributed by atoms with Crippen LogP contribution in [0.1, 0.15) is 38.7 Å². The number of carboxylic acid groups (broad SMARTS) is 1. The van der Waals surface area contributed by atoms with E-state index in [4.69, 9.17) is 0 Å². The van der Waals surface area contributed by atoms with Crippen LogP contribution in [0.15, 0.2) is 24.3 Å². The van der Waals surface area contributed by atoms with E-state index in [-0.39, 0.29) is 5.41 Å². The van der Waals surface area contributed by atoms with Gasteiger partial charge in [-0.05, 0) is 30.7 Å². The predicted octanol–water partition coefficient (Wildman–Crippen LogP) is 3.36. The van der Waals surface area contributed by atoms with E-state index >= 15 is 0 Å². The normalized spacial score (nSPS) is 27.0. The zero-order valence-corrected chi connectivity index (χ0v) is 10.2. The van der Waals surface area contributed by atoms with Crippen molar-refractivity contribution in [3.63, 3.8) is 0 Å². The van der Waals surface area contributed by atoms with Crippen LogP contribution in [0, 0.1) is 11.2 Å². The molecular formula is C14H17FO2. The summed E-state index contributed by atoms with van der Waals surface area (Å²) in [7, 11) is 0. The summed E-state index contributed by atoms with van der Waals surface area (Å²) < 4.78 is 13.8. The summed E-state index contributed by atoms with van der Waals surface area (Å²) in [6.45, 7) is 4.08. The molecule has 0 spiro atoms. The third-order valence-corrected chi connectivity index (χ3v) is 3.81. The molecule has 92 valence electrons. The van der Waals surface area contributed by atoms with Crippen LogP contribution in [0.5, 0.6) is 0 Å². The minimum atomic E-state index is -1.05. The lowest BCUT2D eigenvalue weighted by Gasteiger charge is -2.27. The summed E-state index contributed by atoms with van der Waals surface area (Å²) in [6.07, 6.45) is 1.82. The van der Waals surface area contributed by atoms with Crippen molar-refractivity contribution < 1.29 is 14.3 Å². The van der Waals surface area contributed by atoms with E-state index in [0.29, 0.717) is 18.4 Å². The average molecular weight is 236 g/mol. The molecule has 0 heterocycles. The van der Waals surface area contributed by atoms with E-state index in [0.717, 1.165) is 6.42 Å². The summed E-state index contributed by atoms with van der Waals surface area (Å²) in [5, 5.41) is 9.51. The summed E-state index contributed by atoms with van der Waals surface area (Å²) in [5.41, 5.74) is -0.756. The summed E-state index contributed by atoms with van der Waals surface area (Å²) in [6, 6.07) is 6.24. The van der Waals surface area contributed by atoms with E-state index in [1.165, 1.54) is 6.07 Å². The van der Waals surface area contributed by atoms with Crippen LogP contribution in [0.4, 0.5) is 4.39 Å². The van der Waals surface area contributed by atoms with Crippen LogP contribution in [-0.4, -0.2) is 11.1 Å². The Labute approximate surface area is 100 Å². The van der Waals surface area contributed by atoms with Crippen molar-refractivity contribution in [2.24, 2.45) is 5.41 Å². The van der Waals surface area contributed by atoms with Gasteiger partial charge in [0.15, 0.2) is 0 Å². The first kappa shape index (κ1) is 12.1. The van der Waals surface area contributed by atoms with E-state index in [9.17, 15) is 14.3 Å². The Balaban J connectivity index is 2.51. The van der Waals surface area contributed by atoms with Gasteiger partial charge < -0.3 is 5.11 Å². The molecule has 1 atom stereocenters. The molecule has 0 amide bonds. The quantitative estimate of drug-likeness (QED) is 0.854. The van der Waals surface area contributed by atoms with Gasteiger partial charge in [0, 0.05) is 5.56 Å². The van der Waals surface area contributed by atoms with Gasteiger partial charge in [-0.1, -0.05) is 32.0 Å². The van der Waals surface area contributed by atoms with Crippen molar-refractivity contribution in [1.82, 2.24) is 0 Å². The molecule has 1 fully saturated rings. The average Bonchev–Trinajstić information content (AvgIpc) is 2.56. The standard InChI is InChI=1S/C14H17FO2/c1-13(2)7-8-14(9-13,12(16)17)10-5-3-4-6-11(10)15/h3-6H,7-9H2,1-2H3,(H,16,17). The van der Waals surface area contributed by atoms with Gasteiger partial charge in [0.05, 0.1) is 5.41 Å². The van der Waals surface area contributed by atoms with Crippen LogP contribution < -0.4 is 0 Å². The summed E-state index contributed by atoms with van der Waals surface area (Å²) in [5.74, 6) is -1.32. The van der Waals surface area contributed by atoms with Crippen molar-refractivity contribution in [3.05, 3.63) is 35.6 Å². The maximum Gasteiger partial charge on any atom is 0.314 e. The number of rotatable bonds is 2. The molecule has 0 saturated heterocycles.